The van der Waals surface area contributed by atoms with Crippen molar-refractivity contribution in [2.24, 2.45) is 0 Å². The van der Waals surface area contributed by atoms with E-state index in [4.69, 9.17) is 13.3 Å². The van der Waals surface area contributed by atoms with Crippen LogP contribution in [0.3, 0.4) is 0 Å². The Balaban J connectivity index is 1.26. The molecule has 2 aromatic heterocycles. The van der Waals surface area contributed by atoms with Gasteiger partial charge in [-0.2, -0.15) is 5.26 Å². The fourth-order valence-corrected chi connectivity index (χ4v) is 9.50. The Morgan fingerprint density at radius 2 is 1.54 bits per heavy atom. The first-order valence-corrected chi connectivity index (χ1v) is 18.9. The number of hydrogen-bond donors (Lipinski definition) is 1. The lowest BCUT2D eigenvalue weighted by Gasteiger charge is -2.28. The third-order valence-corrected chi connectivity index (χ3v) is 12.4. The summed E-state index contributed by atoms with van der Waals surface area (Å²) in [7, 11) is -3.05. The normalized spacial score (nSPS) is 12.0. The van der Waals surface area contributed by atoms with Gasteiger partial charge < -0.3 is 23.2 Å². The van der Waals surface area contributed by atoms with Crippen LogP contribution in [-0.4, -0.2) is 44.9 Å². The van der Waals surface area contributed by atoms with Gasteiger partial charge in [-0.15, -0.1) is 11.3 Å². The van der Waals surface area contributed by atoms with Crippen LogP contribution in [0.4, 0.5) is 5.69 Å². The van der Waals surface area contributed by atoms with Gasteiger partial charge in [0.1, 0.15) is 6.07 Å². The van der Waals surface area contributed by atoms with Crippen LogP contribution >= 0.6 is 11.3 Å². The van der Waals surface area contributed by atoms with Crippen molar-refractivity contribution in [3.05, 3.63) is 88.8 Å². The number of nitrogens with zero attached hydrogens (tertiary/aromatic N) is 2. The number of allylic oxidation sites excluding steroid dienone is 1. The lowest BCUT2D eigenvalue weighted by atomic mass is 10.1. The zero-order valence-electron chi connectivity index (χ0n) is 28.1. The molecule has 0 saturated carbocycles. The summed E-state index contributed by atoms with van der Waals surface area (Å²) in [5, 5.41) is 15.9. The Bertz CT molecular complexity index is 1990. The Hall–Kier alpha value is -4.37. The number of Topliss-reactive ketones (excluding diaryl/α,β-unsaturated/α-hetero) is 1. The Labute approximate surface area is 286 Å². The molecule has 10 heteroatoms. The van der Waals surface area contributed by atoms with Crippen molar-refractivity contribution in [2.45, 2.75) is 54.0 Å². The summed E-state index contributed by atoms with van der Waals surface area (Å²) in [5.74, 6) is -0.683. The van der Waals surface area contributed by atoms with Crippen LogP contribution in [0.2, 0.25) is 0 Å². The van der Waals surface area contributed by atoms with E-state index >= 15 is 0 Å². The highest BCUT2D eigenvalue weighted by atomic mass is 32.1. The summed E-state index contributed by atoms with van der Waals surface area (Å²) >= 11 is 1.55. The number of fused-ring (bicyclic) bond motifs is 3. The summed E-state index contributed by atoms with van der Waals surface area (Å²) in [4.78, 5) is 27.7. The topological polar surface area (TPSA) is 103 Å². The molecular weight excluding hydrogens is 639 g/mol. The standard InChI is InChI=1S/C38H41N3O5SSi/c1-6-41-33-13-11-10-12-31(33)32-23-27(14-19-34(32)41)37-22-26(5)36(47-37)24-28(25-39)35(42)20-21-38(43)40-29-15-17-30(18-16-29)48(44-7-2,45-8-3)46-9-4/h10-19,22-24H,6-9,20-21H2,1-5H3,(H,40,43)/b28-24+. The van der Waals surface area contributed by atoms with Crippen molar-refractivity contribution < 1.29 is 22.9 Å². The van der Waals surface area contributed by atoms with Crippen molar-refractivity contribution in [1.82, 2.24) is 4.57 Å². The second-order valence-electron chi connectivity index (χ2n) is 11.2. The molecule has 2 heterocycles. The van der Waals surface area contributed by atoms with E-state index in [2.05, 4.69) is 71.4 Å². The maximum atomic E-state index is 13.1. The third kappa shape index (κ3) is 7.36. The molecule has 0 aliphatic carbocycles. The molecule has 8 nitrogen and oxygen atoms in total. The molecule has 248 valence electrons. The van der Waals surface area contributed by atoms with Crippen molar-refractivity contribution >= 4 is 70.6 Å². The van der Waals surface area contributed by atoms with Crippen molar-refractivity contribution in [1.29, 1.82) is 5.26 Å². The van der Waals surface area contributed by atoms with Crippen LogP contribution in [0.25, 0.3) is 38.3 Å². The fourth-order valence-electron chi connectivity index (χ4n) is 5.92. The smallest absolute Gasteiger partial charge is 0.370 e. The number of amides is 1. The summed E-state index contributed by atoms with van der Waals surface area (Å²) < 4.78 is 20.2. The zero-order chi connectivity index (χ0) is 34.3. The number of carbonyl (C=O) groups excluding carboxylic acids is 2. The van der Waals surface area contributed by atoms with Crippen molar-refractivity contribution in [3.63, 3.8) is 0 Å². The number of hydrogen-bond acceptors (Lipinski definition) is 7. The summed E-state index contributed by atoms with van der Waals surface area (Å²) in [6, 6.07) is 26.3. The molecule has 5 aromatic rings. The second-order valence-corrected chi connectivity index (χ2v) is 14.9. The highest BCUT2D eigenvalue weighted by Gasteiger charge is 2.43. The molecule has 48 heavy (non-hydrogen) atoms. The minimum absolute atomic E-state index is 0.0363. The Kier molecular flexibility index (Phi) is 11.4. The number of nitriles is 1. The first kappa shape index (κ1) is 34.9. The number of thiophene rings is 1. The van der Waals surface area contributed by atoms with Gasteiger partial charge in [0.2, 0.25) is 5.91 Å². The molecule has 0 atom stereocenters. The number of aromatic nitrogens is 1. The summed E-state index contributed by atoms with van der Waals surface area (Å²) in [5.41, 5.74) is 5.10. The lowest BCUT2D eigenvalue weighted by molar-refractivity contribution is -0.120. The summed E-state index contributed by atoms with van der Waals surface area (Å²) in [6.45, 7) is 12.1. The quantitative estimate of drug-likeness (QED) is 0.0684. The van der Waals surface area contributed by atoms with Crippen LogP contribution in [0.5, 0.6) is 0 Å². The Morgan fingerprint density at radius 1 is 0.875 bits per heavy atom. The number of nitrogens with one attached hydrogen (secondary N) is 1. The SMILES string of the molecule is CCO[Si](OCC)(OCC)c1ccc(NC(=O)CCC(=O)/C(C#N)=C/c2sc(-c3ccc4c(c3)c3ccccc3n4CC)cc2C)cc1. The molecule has 0 bridgehead atoms. The van der Waals surface area contributed by atoms with Crippen LogP contribution in [0.15, 0.2) is 78.4 Å². The molecule has 3 aromatic carbocycles. The predicted molar refractivity (Wildman–Crippen MR) is 196 cm³/mol. The summed E-state index contributed by atoms with van der Waals surface area (Å²) in [6.07, 6.45) is 1.53. The average Bonchev–Trinajstić information content (AvgIpc) is 3.62. The number of anilines is 1. The molecule has 5 rings (SSSR count). The van der Waals surface area contributed by atoms with E-state index in [0.29, 0.717) is 25.5 Å². The largest absolute Gasteiger partial charge is 0.537 e. The molecular formula is C38H41N3O5SSi. The van der Waals surface area contributed by atoms with Crippen molar-refractivity contribution in [2.75, 3.05) is 25.1 Å². The van der Waals surface area contributed by atoms with E-state index in [9.17, 15) is 14.9 Å². The van der Waals surface area contributed by atoms with E-state index in [1.807, 2.05) is 39.8 Å². The van der Waals surface area contributed by atoms with E-state index in [1.54, 1.807) is 29.5 Å². The first-order valence-electron chi connectivity index (χ1n) is 16.4. The molecule has 0 unspecified atom stereocenters. The number of rotatable bonds is 15. The van der Waals surface area contributed by atoms with E-state index in [-0.39, 0.29) is 30.1 Å². The van der Waals surface area contributed by atoms with Gasteiger partial charge in [0.25, 0.3) is 0 Å². The highest BCUT2D eigenvalue weighted by molar-refractivity contribution is 7.16. The average molecular weight is 680 g/mol. The second kappa shape index (κ2) is 15.7. The minimum atomic E-state index is -3.05. The van der Waals surface area contributed by atoms with Crippen molar-refractivity contribution in [3.8, 4) is 16.5 Å². The molecule has 0 fully saturated rings. The number of aryl methyl sites for hydroxylation is 2. The van der Waals surface area contributed by atoms with Crippen LogP contribution in [0.1, 0.15) is 51.0 Å². The van der Waals surface area contributed by atoms with Gasteiger partial charge >= 0.3 is 8.80 Å². The molecule has 1 amide bonds. The molecule has 0 aliphatic rings. The molecule has 1 N–H and O–H groups in total. The maximum absolute atomic E-state index is 13.1. The molecule has 0 saturated heterocycles. The number of ketones is 1. The van der Waals surface area contributed by atoms with E-state index < -0.39 is 8.80 Å². The maximum Gasteiger partial charge on any atom is 0.537 e. The number of para-hydroxylation sites is 1. The molecule has 0 radical (unpaired) electrons. The number of benzene rings is 3. The van der Waals surface area contributed by atoms with Gasteiger partial charge in [0.05, 0.1) is 5.57 Å². The van der Waals surface area contributed by atoms with Crippen LogP contribution in [-0.2, 0) is 29.4 Å². The zero-order valence-corrected chi connectivity index (χ0v) is 29.9. The fraction of sp³-hybridized carbons (Fsp3) is 0.289. The van der Waals surface area contributed by atoms with Gasteiger partial charge in [0.15, 0.2) is 5.78 Å². The van der Waals surface area contributed by atoms with E-state index in [0.717, 1.165) is 32.6 Å². The van der Waals surface area contributed by atoms with Gasteiger partial charge in [-0.25, -0.2) is 0 Å². The highest BCUT2D eigenvalue weighted by Crippen LogP contribution is 2.37. The van der Waals surface area contributed by atoms with Gasteiger partial charge in [-0.1, -0.05) is 36.4 Å². The van der Waals surface area contributed by atoms with Crippen LogP contribution in [0, 0.1) is 18.3 Å². The minimum Gasteiger partial charge on any atom is -0.370 e. The first-order chi connectivity index (χ1) is 23.3. The molecule has 0 spiro atoms. The Morgan fingerprint density at radius 3 is 2.19 bits per heavy atom. The number of carbonyl (C=O) groups is 2. The van der Waals surface area contributed by atoms with Gasteiger partial charge in [0, 0.05) is 81.6 Å². The van der Waals surface area contributed by atoms with Gasteiger partial charge in [-0.3, -0.25) is 9.59 Å². The monoisotopic (exact) mass is 679 g/mol. The van der Waals surface area contributed by atoms with Crippen LogP contribution < -0.4 is 10.5 Å². The third-order valence-electron chi connectivity index (χ3n) is 8.13. The molecule has 0 aliphatic heterocycles. The predicted octanol–water partition coefficient (Wildman–Crippen LogP) is 8.00. The van der Waals surface area contributed by atoms with E-state index in [1.165, 1.54) is 21.8 Å². The van der Waals surface area contributed by atoms with Gasteiger partial charge in [-0.05, 0) is 88.2 Å². The lowest BCUT2D eigenvalue weighted by Crippen LogP contribution is -2.56.